The summed E-state index contributed by atoms with van der Waals surface area (Å²) in [5, 5.41) is 11.7. The topological polar surface area (TPSA) is 41.9 Å². The fourth-order valence-electron chi connectivity index (χ4n) is 4.18. The van der Waals surface area contributed by atoms with Crippen LogP contribution in [0.3, 0.4) is 0 Å². The van der Waals surface area contributed by atoms with Crippen molar-refractivity contribution in [2.45, 2.75) is 37.6 Å². The maximum atomic E-state index is 11.7. The quantitative estimate of drug-likeness (QED) is 0.747. The summed E-state index contributed by atoms with van der Waals surface area (Å²) in [6, 6.07) is 18.1. The minimum atomic E-state index is -0.899. The largest absolute Gasteiger partial charge is 0.496 e. The van der Waals surface area contributed by atoms with Gasteiger partial charge in [0.1, 0.15) is 5.75 Å². The van der Waals surface area contributed by atoms with Crippen LogP contribution in [0.5, 0.6) is 5.75 Å². The van der Waals surface area contributed by atoms with Crippen LogP contribution in [0, 0.1) is 5.92 Å². The molecule has 2 aromatic carbocycles. The molecule has 0 heterocycles. The van der Waals surface area contributed by atoms with Crippen LogP contribution in [0.4, 0.5) is 0 Å². The molecule has 1 saturated carbocycles. The van der Waals surface area contributed by atoms with Crippen LogP contribution in [0.1, 0.15) is 30.4 Å². The van der Waals surface area contributed by atoms with Gasteiger partial charge < -0.3 is 19.5 Å². The van der Waals surface area contributed by atoms with Crippen molar-refractivity contribution < 1.29 is 14.6 Å². The van der Waals surface area contributed by atoms with Crippen molar-refractivity contribution in [2.75, 3.05) is 27.7 Å². The summed E-state index contributed by atoms with van der Waals surface area (Å²) in [4.78, 5) is 2.14. The highest BCUT2D eigenvalue weighted by molar-refractivity contribution is 5.85. The molecular formula is C23H32ClNO3. The Balaban J connectivity index is 0.00000280. The summed E-state index contributed by atoms with van der Waals surface area (Å²) in [7, 11) is 5.77. The Morgan fingerprint density at radius 3 is 2.43 bits per heavy atom. The zero-order chi connectivity index (χ0) is 19.3. The van der Waals surface area contributed by atoms with E-state index in [4.69, 9.17) is 9.47 Å². The third-order valence-electron chi connectivity index (χ3n) is 5.56. The first-order valence-corrected chi connectivity index (χ1v) is 9.69. The molecule has 3 unspecified atom stereocenters. The van der Waals surface area contributed by atoms with E-state index in [9.17, 15) is 5.11 Å². The van der Waals surface area contributed by atoms with Gasteiger partial charge in [-0.2, -0.15) is 0 Å². The molecule has 28 heavy (non-hydrogen) atoms. The normalized spacial score (nSPS) is 24.6. The Morgan fingerprint density at radius 2 is 1.75 bits per heavy atom. The zero-order valence-electron chi connectivity index (χ0n) is 17.0. The zero-order valence-corrected chi connectivity index (χ0v) is 17.8. The van der Waals surface area contributed by atoms with Crippen molar-refractivity contribution in [1.29, 1.82) is 0 Å². The molecule has 1 aliphatic rings. The maximum absolute atomic E-state index is 11.7. The molecule has 0 spiro atoms. The molecule has 5 heteroatoms. The number of hydrogen-bond acceptors (Lipinski definition) is 4. The van der Waals surface area contributed by atoms with E-state index >= 15 is 0 Å². The average molecular weight is 406 g/mol. The SMILES string of the molecule is COc1ccccc1C1(O)CCC(OCc2ccccc2)CC1CN(C)C.Cl. The van der Waals surface area contributed by atoms with E-state index in [1.165, 1.54) is 5.56 Å². The third-order valence-corrected chi connectivity index (χ3v) is 5.56. The number of methoxy groups -OCH3 is 1. The van der Waals surface area contributed by atoms with Crippen LogP contribution in [-0.2, 0) is 16.9 Å². The molecule has 0 aromatic heterocycles. The Bertz CT molecular complexity index is 725. The fraction of sp³-hybridized carbons (Fsp3) is 0.478. The highest BCUT2D eigenvalue weighted by Crippen LogP contribution is 2.46. The summed E-state index contributed by atoms with van der Waals surface area (Å²) in [5.41, 5.74) is 1.18. The summed E-state index contributed by atoms with van der Waals surface area (Å²) in [6.07, 6.45) is 2.50. The van der Waals surface area contributed by atoms with Crippen LogP contribution >= 0.6 is 12.4 Å². The second kappa shape index (κ2) is 10.3. The van der Waals surface area contributed by atoms with Crippen molar-refractivity contribution in [3.63, 3.8) is 0 Å². The standard InChI is InChI=1S/C23H31NO3.ClH/c1-24(2)16-19-15-20(27-17-18-9-5-4-6-10-18)13-14-23(19,25)21-11-7-8-12-22(21)26-3;/h4-12,19-20,25H,13-17H2,1-3H3;1H. The van der Waals surface area contributed by atoms with Crippen LogP contribution < -0.4 is 4.74 Å². The summed E-state index contributed by atoms with van der Waals surface area (Å²) < 4.78 is 11.8. The fourth-order valence-corrected chi connectivity index (χ4v) is 4.18. The first-order chi connectivity index (χ1) is 13.0. The van der Waals surface area contributed by atoms with Gasteiger partial charge in [-0.05, 0) is 45.0 Å². The third kappa shape index (κ3) is 5.26. The van der Waals surface area contributed by atoms with E-state index in [0.717, 1.165) is 30.7 Å². The molecule has 3 atom stereocenters. The maximum Gasteiger partial charge on any atom is 0.124 e. The minimum absolute atomic E-state index is 0. The summed E-state index contributed by atoms with van der Waals surface area (Å²) in [6.45, 7) is 1.42. The molecule has 3 rings (SSSR count). The first kappa shape index (κ1) is 22.7. The van der Waals surface area contributed by atoms with Gasteiger partial charge in [0.05, 0.1) is 25.4 Å². The summed E-state index contributed by atoms with van der Waals surface area (Å²) >= 11 is 0. The Labute approximate surface area is 174 Å². The molecule has 4 nitrogen and oxygen atoms in total. The summed E-state index contributed by atoms with van der Waals surface area (Å²) in [5.74, 6) is 0.839. The van der Waals surface area contributed by atoms with E-state index in [0.29, 0.717) is 13.0 Å². The van der Waals surface area contributed by atoms with Crippen LogP contribution in [0.15, 0.2) is 54.6 Å². The molecule has 0 amide bonds. The van der Waals surface area contributed by atoms with Gasteiger partial charge >= 0.3 is 0 Å². The second-order valence-electron chi connectivity index (χ2n) is 7.78. The molecule has 0 radical (unpaired) electrons. The van der Waals surface area contributed by atoms with Gasteiger partial charge in [0.2, 0.25) is 0 Å². The molecule has 2 aromatic rings. The van der Waals surface area contributed by atoms with E-state index in [1.54, 1.807) is 7.11 Å². The predicted molar refractivity (Wildman–Crippen MR) is 115 cm³/mol. The van der Waals surface area contributed by atoms with Crippen molar-refractivity contribution >= 4 is 12.4 Å². The van der Waals surface area contributed by atoms with Crippen LogP contribution in [0.2, 0.25) is 0 Å². The molecule has 1 N–H and O–H groups in total. The van der Waals surface area contributed by atoms with Gasteiger partial charge in [-0.15, -0.1) is 12.4 Å². The Morgan fingerprint density at radius 1 is 1.07 bits per heavy atom. The van der Waals surface area contributed by atoms with E-state index < -0.39 is 5.60 Å². The Hall–Kier alpha value is -1.59. The van der Waals surface area contributed by atoms with Gasteiger partial charge in [0.15, 0.2) is 0 Å². The number of benzene rings is 2. The van der Waals surface area contributed by atoms with Crippen molar-refractivity contribution in [3.8, 4) is 5.75 Å². The minimum Gasteiger partial charge on any atom is -0.496 e. The first-order valence-electron chi connectivity index (χ1n) is 9.69. The average Bonchev–Trinajstić information content (AvgIpc) is 2.69. The van der Waals surface area contributed by atoms with Crippen molar-refractivity contribution in [2.24, 2.45) is 5.92 Å². The number of hydrogen-bond donors (Lipinski definition) is 1. The van der Waals surface area contributed by atoms with E-state index in [1.807, 2.05) is 42.5 Å². The van der Waals surface area contributed by atoms with Gasteiger partial charge in [-0.25, -0.2) is 0 Å². The van der Waals surface area contributed by atoms with Crippen LogP contribution in [0.25, 0.3) is 0 Å². The number of halogens is 1. The van der Waals surface area contributed by atoms with Gasteiger partial charge in [0, 0.05) is 18.0 Å². The highest BCUT2D eigenvalue weighted by Gasteiger charge is 2.45. The van der Waals surface area contributed by atoms with Gasteiger partial charge in [0.25, 0.3) is 0 Å². The molecular weight excluding hydrogens is 374 g/mol. The lowest BCUT2D eigenvalue weighted by Crippen LogP contribution is -2.47. The van der Waals surface area contributed by atoms with Gasteiger partial charge in [-0.3, -0.25) is 0 Å². The monoisotopic (exact) mass is 405 g/mol. The lowest BCUT2D eigenvalue weighted by atomic mass is 9.70. The molecule has 0 saturated heterocycles. The number of nitrogens with zero attached hydrogens (tertiary/aromatic N) is 1. The predicted octanol–water partition coefficient (Wildman–Crippen LogP) is 4.25. The molecule has 1 fully saturated rings. The smallest absolute Gasteiger partial charge is 0.124 e. The van der Waals surface area contributed by atoms with E-state index in [2.05, 4.69) is 31.1 Å². The molecule has 0 bridgehead atoms. The molecule has 1 aliphatic carbocycles. The van der Waals surface area contributed by atoms with Crippen molar-refractivity contribution in [1.82, 2.24) is 4.90 Å². The molecule has 0 aliphatic heterocycles. The van der Waals surface area contributed by atoms with Crippen molar-refractivity contribution in [3.05, 3.63) is 65.7 Å². The molecule has 154 valence electrons. The number of ether oxygens (including phenoxy) is 2. The van der Waals surface area contributed by atoms with E-state index in [-0.39, 0.29) is 24.4 Å². The lowest BCUT2D eigenvalue weighted by molar-refractivity contribution is -0.111. The Kier molecular flexibility index (Phi) is 8.32. The van der Waals surface area contributed by atoms with Gasteiger partial charge in [-0.1, -0.05) is 48.5 Å². The number of aliphatic hydroxyl groups is 1. The number of rotatable bonds is 7. The highest BCUT2D eigenvalue weighted by atomic mass is 35.5. The number of para-hydroxylation sites is 1. The second-order valence-corrected chi connectivity index (χ2v) is 7.78. The lowest BCUT2D eigenvalue weighted by Gasteiger charge is -2.44. The van der Waals surface area contributed by atoms with Crippen LogP contribution in [-0.4, -0.2) is 43.9 Å².